The van der Waals surface area contributed by atoms with Gasteiger partial charge in [0.1, 0.15) is 0 Å². The van der Waals surface area contributed by atoms with Crippen LogP contribution in [0.2, 0.25) is 0 Å². The highest BCUT2D eigenvalue weighted by Gasteiger charge is 2.30. The van der Waals surface area contributed by atoms with E-state index in [0.717, 1.165) is 50.9 Å². The third-order valence-corrected chi connectivity index (χ3v) is 5.37. The van der Waals surface area contributed by atoms with Gasteiger partial charge in [-0.25, -0.2) is 8.78 Å². The van der Waals surface area contributed by atoms with Crippen molar-refractivity contribution in [1.29, 1.82) is 0 Å². The summed E-state index contributed by atoms with van der Waals surface area (Å²) < 4.78 is 26.0. The minimum Gasteiger partial charge on any atom is -0.346 e. The first kappa shape index (κ1) is 21.2. The summed E-state index contributed by atoms with van der Waals surface area (Å²) in [5, 5.41) is 4.92. The predicted octanol–water partition coefficient (Wildman–Crippen LogP) is 1.35. The molecule has 29 heavy (non-hydrogen) atoms. The summed E-state index contributed by atoms with van der Waals surface area (Å²) >= 11 is 0. The van der Waals surface area contributed by atoms with Crippen molar-refractivity contribution in [2.75, 3.05) is 44.6 Å². The van der Waals surface area contributed by atoms with Gasteiger partial charge in [-0.1, -0.05) is 0 Å². The average Bonchev–Trinajstić information content (AvgIpc) is 3.24. The van der Waals surface area contributed by atoms with Crippen molar-refractivity contribution < 1.29 is 23.2 Å². The van der Waals surface area contributed by atoms with Gasteiger partial charge in [-0.2, -0.15) is 0 Å². The number of piperidine rings is 1. The number of likely N-dealkylation sites (tertiary alicyclic amines) is 2. The number of benzene rings is 1. The Morgan fingerprint density at radius 3 is 2.31 bits per heavy atom. The third kappa shape index (κ3) is 5.96. The van der Waals surface area contributed by atoms with Gasteiger partial charge in [0.2, 0.25) is 17.7 Å². The van der Waals surface area contributed by atoms with E-state index in [4.69, 9.17) is 0 Å². The van der Waals surface area contributed by atoms with Gasteiger partial charge in [0.25, 0.3) is 0 Å². The largest absolute Gasteiger partial charge is 0.346 e. The maximum atomic E-state index is 13.1. The van der Waals surface area contributed by atoms with Gasteiger partial charge in [0, 0.05) is 30.8 Å². The molecule has 2 aliphatic rings. The van der Waals surface area contributed by atoms with E-state index in [0.29, 0.717) is 13.1 Å². The van der Waals surface area contributed by atoms with Gasteiger partial charge in [-0.15, -0.1) is 0 Å². The summed E-state index contributed by atoms with van der Waals surface area (Å²) in [6.07, 6.45) is 3.63. The normalized spacial score (nSPS) is 17.9. The lowest BCUT2D eigenvalue weighted by molar-refractivity contribution is -0.136. The van der Waals surface area contributed by atoms with Crippen LogP contribution < -0.4 is 10.6 Å². The number of carbonyl (C=O) groups excluding carboxylic acids is 3. The van der Waals surface area contributed by atoms with Gasteiger partial charge in [0.05, 0.1) is 13.1 Å². The summed E-state index contributed by atoms with van der Waals surface area (Å²) in [6.45, 7) is 2.93. The van der Waals surface area contributed by atoms with Crippen LogP contribution >= 0.6 is 0 Å². The van der Waals surface area contributed by atoms with E-state index in [9.17, 15) is 23.2 Å². The topological polar surface area (TPSA) is 81.8 Å². The third-order valence-electron chi connectivity index (χ3n) is 5.37. The minimum atomic E-state index is -1.06. The molecule has 3 amide bonds. The van der Waals surface area contributed by atoms with Crippen molar-refractivity contribution in [3.8, 4) is 0 Å². The summed E-state index contributed by atoms with van der Waals surface area (Å²) in [5.41, 5.74) is 0.118. The number of nitrogens with one attached hydrogen (secondary N) is 2. The maximum Gasteiger partial charge on any atom is 0.243 e. The van der Waals surface area contributed by atoms with Crippen molar-refractivity contribution in [2.45, 2.75) is 25.7 Å². The molecule has 1 aromatic carbocycles. The molecule has 0 aromatic heterocycles. The Bertz CT molecular complexity index is 760. The lowest BCUT2D eigenvalue weighted by Gasteiger charge is -2.32. The molecule has 1 aromatic rings. The molecular weight excluding hydrogens is 382 g/mol. The van der Waals surface area contributed by atoms with Gasteiger partial charge >= 0.3 is 0 Å². The summed E-state index contributed by atoms with van der Waals surface area (Å²) in [4.78, 5) is 40.3. The zero-order valence-electron chi connectivity index (χ0n) is 16.3. The number of nitrogens with zero attached hydrogens (tertiary/aromatic N) is 2. The molecule has 2 heterocycles. The molecule has 3 rings (SSSR count). The molecule has 2 fully saturated rings. The quantitative estimate of drug-likeness (QED) is 0.745. The number of carbonyl (C=O) groups is 3. The van der Waals surface area contributed by atoms with E-state index in [1.54, 1.807) is 0 Å². The Morgan fingerprint density at radius 1 is 0.966 bits per heavy atom. The van der Waals surface area contributed by atoms with Crippen LogP contribution in [0.3, 0.4) is 0 Å². The molecule has 0 unspecified atom stereocenters. The average molecular weight is 408 g/mol. The zero-order valence-corrected chi connectivity index (χ0v) is 16.3. The standard InChI is InChI=1S/C20H26F2N4O3/c21-16-4-3-15(11-17(16)22)24-18(27)12-23-19(28)13-25-9-5-14(6-10-25)20(29)26-7-1-2-8-26/h3-4,11,14H,1-2,5-10,12-13H2,(H,23,28)(H,24,27). The van der Waals surface area contributed by atoms with Crippen molar-refractivity contribution in [3.05, 3.63) is 29.8 Å². The minimum absolute atomic E-state index is 0.0364. The molecule has 2 aliphatic heterocycles. The summed E-state index contributed by atoms with van der Waals surface area (Å²) in [6, 6.07) is 3.04. The number of halogens is 2. The second-order valence-electron chi connectivity index (χ2n) is 7.54. The highest BCUT2D eigenvalue weighted by molar-refractivity contribution is 5.94. The monoisotopic (exact) mass is 408 g/mol. The van der Waals surface area contributed by atoms with Gasteiger partial charge in [-0.3, -0.25) is 19.3 Å². The zero-order chi connectivity index (χ0) is 20.8. The highest BCUT2D eigenvalue weighted by atomic mass is 19.2. The first-order valence-corrected chi connectivity index (χ1v) is 9.95. The van der Waals surface area contributed by atoms with Crippen molar-refractivity contribution >= 4 is 23.4 Å². The van der Waals surface area contributed by atoms with E-state index in [2.05, 4.69) is 10.6 Å². The number of rotatable bonds is 6. The molecule has 9 heteroatoms. The van der Waals surface area contributed by atoms with E-state index < -0.39 is 17.5 Å². The Morgan fingerprint density at radius 2 is 1.66 bits per heavy atom. The molecular formula is C20H26F2N4O3. The van der Waals surface area contributed by atoms with E-state index >= 15 is 0 Å². The molecule has 0 saturated carbocycles. The summed E-state index contributed by atoms with van der Waals surface area (Å²) in [5.74, 6) is -2.61. The van der Waals surface area contributed by atoms with E-state index in [1.165, 1.54) is 6.07 Å². The maximum absolute atomic E-state index is 13.1. The molecule has 158 valence electrons. The van der Waals surface area contributed by atoms with Crippen molar-refractivity contribution in [2.24, 2.45) is 5.92 Å². The second-order valence-corrected chi connectivity index (χ2v) is 7.54. The Balaban J connectivity index is 1.35. The predicted molar refractivity (Wildman–Crippen MR) is 103 cm³/mol. The lowest BCUT2D eigenvalue weighted by Crippen LogP contribution is -2.45. The first-order chi connectivity index (χ1) is 13.9. The molecule has 0 atom stereocenters. The number of hydrogen-bond acceptors (Lipinski definition) is 4. The number of amides is 3. The highest BCUT2D eigenvalue weighted by Crippen LogP contribution is 2.21. The molecule has 0 radical (unpaired) electrons. The first-order valence-electron chi connectivity index (χ1n) is 9.95. The number of anilines is 1. The lowest BCUT2D eigenvalue weighted by atomic mass is 9.95. The van der Waals surface area contributed by atoms with E-state index in [-0.39, 0.29) is 36.5 Å². The number of hydrogen-bond donors (Lipinski definition) is 2. The van der Waals surface area contributed by atoms with Crippen LogP contribution in [-0.4, -0.2) is 66.8 Å². The van der Waals surface area contributed by atoms with E-state index in [1.807, 2.05) is 9.80 Å². The van der Waals surface area contributed by atoms with Crippen molar-refractivity contribution in [1.82, 2.24) is 15.1 Å². The molecule has 7 nitrogen and oxygen atoms in total. The Hall–Kier alpha value is -2.55. The molecule has 2 N–H and O–H groups in total. The Labute approximate surface area is 168 Å². The van der Waals surface area contributed by atoms with Crippen molar-refractivity contribution in [3.63, 3.8) is 0 Å². The summed E-state index contributed by atoms with van der Waals surface area (Å²) in [7, 11) is 0. The fourth-order valence-corrected chi connectivity index (χ4v) is 3.75. The Kier molecular flexibility index (Phi) is 7.13. The fraction of sp³-hybridized carbons (Fsp3) is 0.550. The van der Waals surface area contributed by atoms with Crippen LogP contribution in [0.5, 0.6) is 0 Å². The molecule has 0 spiro atoms. The van der Waals surface area contributed by atoms with Gasteiger partial charge in [0.15, 0.2) is 11.6 Å². The van der Waals surface area contributed by atoms with Crippen LogP contribution in [0.25, 0.3) is 0 Å². The molecule has 0 aliphatic carbocycles. The van der Waals surface area contributed by atoms with Crippen LogP contribution in [-0.2, 0) is 14.4 Å². The second kappa shape index (κ2) is 9.78. The van der Waals surface area contributed by atoms with Gasteiger partial charge in [-0.05, 0) is 50.9 Å². The van der Waals surface area contributed by atoms with Crippen LogP contribution in [0, 0.1) is 17.6 Å². The smallest absolute Gasteiger partial charge is 0.243 e. The van der Waals surface area contributed by atoms with Crippen LogP contribution in [0.15, 0.2) is 18.2 Å². The van der Waals surface area contributed by atoms with Crippen LogP contribution in [0.4, 0.5) is 14.5 Å². The van der Waals surface area contributed by atoms with Crippen LogP contribution in [0.1, 0.15) is 25.7 Å². The molecule has 0 bridgehead atoms. The fourth-order valence-electron chi connectivity index (χ4n) is 3.75. The van der Waals surface area contributed by atoms with Gasteiger partial charge < -0.3 is 15.5 Å². The molecule has 2 saturated heterocycles. The SMILES string of the molecule is O=C(CN1CCC(C(=O)N2CCCC2)CC1)NCC(=O)Nc1ccc(F)c(F)c1.